The molecule has 4 nitrogen and oxygen atoms in total. The fourth-order valence-corrected chi connectivity index (χ4v) is 2.58. The molecule has 1 aromatic heterocycles. The molecule has 0 spiro atoms. The molecular weight excluding hydrogens is 238 g/mol. The zero-order valence-corrected chi connectivity index (χ0v) is 11.6. The lowest BCUT2D eigenvalue weighted by atomic mass is 10.1. The van der Waals surface area contributed by atoms with E-state index >= 15 is 0 Å². The van der Waals surface area contributed by atoms with Gasteiger partial charge in [0, 0.05) is 18.9 Å². The number of carbonyl (C=O) groups is 1. The van der Waals surface area contributed by atoms with Crippen molar-refractivity contribution in [1.82, 2.24) is 15.2 Å². The van der Waals surface area contributed by atoms with Crippen LogP contribution in [0, 0.1) is 0 Å². The quantitative estimate of drug-likeness (QED) is 0.895. The largest absolute Gasteiger partial charge is 0.354 e. The molecule has 1 atom stereocenters. The molecule has 0 radical (unpaired) electrons. The number of likely N-dealkylation sites (N-methyl/N-ethyl adjacent to an activating group) is 1. The van der Waals surface area contributed by atoms with Gasteiger partial charge in [-0.15, -0.1) is 0 Å². The van der Waals surface area contributed by atoms with Gasteiger partial charge in [-0.2, -0.15) is 0 Å². The Hall–Kier alpha value is -1.42. The van der Waals surface area contributed by atoms with E-state index in [-0.39, 0.29) is 11.9 Å². The SMILES string of the molecule is CN1CCCCC[C@H]1C(=O)NCCc1ccncc1. The lowest BCUT2D eigenvalue weighted by Crippen LogP contribution is -2.45. The molecule has 2 heterocycles. The Kier molecular flexibility index (Phi) is 5.33. The molecule has 2 rings (SSSR count). The van der Waals surface area contributed by atoms with Gasteiger partial charge in [-0.05, 0) is 50.6 Å². The summed E-state index contributed by atoms with van der Waals surface area (Å²) >= 11 is 0. The van der Waals surface area contributed by atoms with Crippen molar-refractivity contribution in [2.75, 3.05) is 20.1 Å². The molecular formula is C15H23N3O. The van der Waals surface area contributed by atoms with Crippen molar-refractivity contribution >= 4 is 5.91 Å². The van der Waals surface area contributed by atoms with Crippen molar-refractivity contribution in [3.8, 4) is 0 Å². The van der Waals surface area contributed by atoms with E-state index in [1.165, 1.54) is 18.4 Å². The van der Waals surface area contributed by atoms with E-state index in [1.54, 1.807) is 12.4 Å². The molecule has 1 N–H and O–H groups in total. The maximum absolute atomic E-state index is 12.2. The molecule has 1 aromatic rings. The summed E-state index contributed by atoms with van der Waals surface area (Å²) in [5.74, 6) is 0.179. The molecule has 1 saturated heterocycles. The second-order valence-corrected chi connectivity index (χ2v) is 5.24. The van der Waals surface area contributed by atoms with Crippen molar-refractivity contribution in [1.29, 1.82) is 0 Å². The number of hydrogen-bond donors (Lipinski definition) is 1. The highest BCUT2D eigenvalue weighted by atomic mass is 16.2. The smallest absolute Gasteiger partial charge is 0.237 e. The number of nitrogens with zero attached hydrogens (tertiary/aromatic N) is 2. The molecule has 19 heavy (non-hydrogen) atoms. The predicted molar refractivity (Wildman–Crippen MR) is 75.8 cm³/mol. The maximum atomic E-state index is 12.2. The van der Waals surface area contributed by atoms with Crippen LogP contribution in [0.3, 0.4) is 0 Å². The fourth-order valence-electron chi connectivity index (χ4n) is 2.58. The second kappa shape index (κ2) is 7.24. The Balaban J connectivity index is 1.77. The molecule has 0 saturated carbocycles. The molecule has 0 aliphatic carbocycles. The lowest BCUT2D eigenvalue weighted by molar-refractivity contribution is -0.126. The number of nitrogens with one attached hydrogen (secondary N) is 1. The first kappa shape index (κ1) is 14.0. The number of pyridine rings is 1. The van der Waals surface area contributed by atoms with Crippen molar-refractivity contribution < 1.29 is 4.79 Å². The van der Waals surface area contributed by atoms with Crippen LogP contribution in [0.5, 0.6) is 0 Å². The van der Waals surface area contributed by atoms with Crippen LogP contribution in [-0.4, -0.2) is 42.0 Å². The summed E-state index contributed by atoms with van der Waals surface area (Å²) < 4.78 is 0. The highest BCUT2D eigenvalue weighted by molar-refractivity contribution is 5.81. The Morgan fingerprint density at radius 3 is 2.95 bits per heavy atom. The number of aromatic nitrogens is 1. The minimum atomic E-state index is 0.0555. The average molecular weight is 261 g/mol. The Morgan fingerprint density at radius 1 is 1.37 bits per heavy atom. The van der Waals surface area contributed by atoms with Gasteiger partial charge in [0.05, 0.1) is 6.04 Å². The molecule has 1 amide bonds. The first-order valence-electron chi connectivity index (χ1n) is 7.14. The molecule has 0 unspecified atom stereocenters. The molecule has 0 bridgehead atoms. The van der Waals surface area contributed by atoms with E-state index < -0.39 is 0 Å². The van der Waals surface area contributed by atoms with Crippen LogP contribution < -0.4 is 5.32 Å². The standard InChI is InChI=1S/C15H23N3O/c1-18-12-4-2-3-5-14(18)15(19)17-11-8-13-6-9-16-10-7-13/h6-7,9-10,14H,2-5,8,11-12H2,1H3,(H,17,19)/t14-/m0/s1. The molecule has 1 fully saturated rings. The van der Waals surface area contributed by atoms with Crippen LogP contribution in [0.2, 0.25) is 0 Å². The number of likely N-dealkylation sites (tertiary alicyclic amines) is 1. The van der Waals surface area contributed by atoms with Crippen molar-refractivity contribution in [2.45, 2.75) is 38.1 Å². The van der Waals surface area contributed by atoms with E-state index in [4.69, 9.17) is 0 Å². The van der Waals surface area contributed by atoms with Crippen LogP contribution in [0.1, 0.15) is 31.2 Å². The van der Waals surface area contributed by atoms with Gasteiger partial charge < -0.3 is 5.32 Å². The lowest BCUT2D eigenvalue weighted by Gasteiger charge is -2.24. The minimum Gasteiger partial charge on any atom is -0.354 e. The highest BCUT2D eigenvalue weighted by Crippen LogP contribution is 2.15. The summed E-state index contributed by atoms with van der Waals surface area (Å²) in [6.45, 7) is 1.73. The van der Waals surface area contributed by atoms with E-state index in [1.807, 2.05) is 12.1 Å². The van der Waals surface area contributed by atoms with Gasteiger partial charge in [-0.25, -0.2) is 0 Å². The first-order valence-corrected chi connectivity index (χ1v) is 7.14. The summed E-state index contributed by atoms with van der Waals surface area (Å²) in [5.41, 5.74) is 1.21. The van der Waals surface area contributed by atoms with Gasteiger partial charge in [0.2, 0.25) is 5.91 Å². The Bertz CT molecular complexity index is 394. The monoisotopic (exact) mass is 261 g/mol. The summed E-state index contributed by atoms with van der Waals surface area (Å²) in [4.78, 5) is 18.4. The number of amides is 1. The number of carbonyl (C=O) groups excluding carboxylic acids is 1. The summed E-state index contributed by atoms with van der Waals surface area (Å²) in [5, 5.41) is 3.06. The predicted octanol–water partition coefficient (Wildman–Crippen LogP) is 1.61. The number of rotatable bonds is 4. The maximum Gasteiger partial charge on any atom is 0.237 e. The fraction of sp³-hybridized carbons (Fsp3) is 0.600. The summed E-state index contributed by atoms with van der Waals surface area (Å²) in [7, 11) is 2.05. The molecule has 1 aliphatic rings. The summed E-state index contributed by atoms with van der Waals surface area (Å²) in [6.07, 6.45) is 9.03. The van der Waals surface area contributed by atoms with E-state index in [9.17, 15) is 4.79 Å². The molecule has 0 aromatic carbocycles. The van der Waals surface area contributed by atoms with Crippen molar-refractivity contribution in [2.24, 2.45) is 0 Å². The van der Waals surface area contributed by atoms with Gasteiger partial charge >= 0.3 is 0 Å². The zero-order valence-electron chi connectivity index (χ0n) is 11.6. The van der Waals surface area contributed by atoms with Gasteiger partial charge in [0.15, 0.2) is 0 Å². The van der Waals surface area contributed by atoms with E-state index in [0.29, 0.717) is 6.54 Å². The minimum absolute atomic E-state index is 0.0555. The van der Waals surface area contributed by atoms with Crippen LogP contribution in [-0.2, 0) is 11.2 Å². The topological polar surface area (TPSA) is 45.2 Å². The highest BCUT2D eigenvalue weighted by Gasteiger charge is 2.23. The first-order chi connectivity index (χ1) is 9.27. The third kappa shape index (κ3) is 4.31. The molecule has 4 heteroatoms. The van der Waals surface area contributed by atoms with Gasteiger partial charge in [0.25, 0.3) is 0 Å². The van der Waals surface area contributed by atoms with Gasteiger partial charge in [-0.3, -0.25) is 14.7 Å². The van der Waals surface area contributed by atoms with Crippen molar-refractivity contribution in [3.63, 3.8) is 0 Å². The zero-order chi connectivity index (χ0) is 13.5. The summed E-state index contributed by atoms with van der Waals surface area (Å²) in [6, 6.07) is 4.04. The number of hydrogen-bond acceptors (Lipinski definition) is 3. The Labute approximate surface area is 115 Å². The average Bonchev–Trinajstić information content (AvgIpc) is 2.64. The van der Waals surface area contributed by atoms with Gasteiger partial charge in [0.1, 0.15) is 0 Å². The second-order valence-electron chi connectivity index (χ2n) is 5.24. The van der Waals surface area contributed by atoms with E-state index in [2.05, 4.69) is 22.2 Å². The third-order valence-corrected chi connectivity index (χ3v) is 3.79. The normalized spacial score (nSPS) is 20.8. The van der Waals surface area contributed by atoms with Crippen LogP contribution in [0.15, 0.2) is 24.5 Å². The van der Waals surface area contributed by atoms with Crippen molar-refractivity contribution in [3.05, 3.63) is 30.1 Å². The third-order valence-electron chi connectivity index (χ3n) is 3.79. The van der Waals surface area contributed by atoms with Gasteiger partial charge in [-0.1, -0.05) is 12.8 Å². The molecule has 104 valence electrons. The molecule has 1 aliphatic heterocycles. The Morgan fingerprint density at radius 2 is 2.16 bits per heavy atom. The van der Waals surface area contributed by atoms with Crippen LogP contribution >= 0.6 is 0 Å². The van der Waals surface area contributed by atoms with E-state index in [0.717, 1.165) is 25.8 Å². The van der Waals surface area contributed by atoms with Crippen LogP contribution in [0.4, 0.5) is 0 Å². The van der Waals surface area contributed by atoms with Crippen LogP contribution in [0.25, 0.3) is 0 Å².